The van der Waals surface area contributed by atoms with Gasteiger partial charge in [0.15, 0.2) is 0 Å². The fourth-order valence-electron chi connectivity index (χ4n) is 2.10. The van der Waals surface area contributed by atoms with Crippen LogP contribution in [-0.4, -0.2) is 31.9 Å². The quantitative estimate of drug-likeness (QED) is 0.876. The number of nitrogens with two attached hydrogens (primary N) is 1. The predicted octanol–water partition coefficient (Wildman–Crippen LogP) is 2.58. The Morgan fingerprint density at radius 1 is 1.32 bits per heavy atom. The van der Waals surface area contributed by atoms with Gasteiger partial charge in [0.2, 0.25) is 0 Å². The standard InChI is InChI=1S/C16H25FN2O3/c1-15(2,3)22-14(20)19-10-16(4,9-18)13-11(17)7-6-8-12(13)21-5/h6-8H,9-10,18H2,1-5H3,(H,19,20). The topological polar surface area (TPSA) is 73.6 Å². The average Bonchev–Trinajstić information content (AvgIpc) is 2.42. The molecule has 1 aromatic rings. The summed E-state index contributed by atoms with van der Waals surface area (Å²) in [5, 5.41) is 2.64. The Morgan fingerprint density at radius 2 is 1.95 bits per heavy atom. The number of carbonyl (C=O) groups is 1. The molecule has 6 heteroatoms. The van der Waals surface area contributed by atoms with Crippen LogP contribution in [0.4, 0.5) is 9.18 Å². The average molecular weight is 312 g/mol. The van der Waals surface area contributed by atoms with Crippen LogP contribution in [0.15, 0.2) is 18.2 Å². The number of benzene rings is 1. The molecule has 1 aromatic carbocycles. The van der Waals surface area contributed by atoms with Gasteiger partial charge >= 0.3 is 6.09 Å². The van der Waals surface area contributed by atoms with E-state index in [4.69, 9.17) is 15.2 Å². The maximum absolute atomic E-state index is 14.2. The van der Waals surface area contributed by atoms with Gasteiger partial charge in [0, 0.05) is 24.1 Å². The first-order chi connectivity index (χ1) is 10.1. The van der Waals surface area contributed by atoms with Crippen molar-refractivity contribution in [2.75, 3.05) is 20.2 Å². The maximum Gasteiger partial charge on any atom is 0.407 e. The van der Waals surface area contributed by atoms with Crippen molar-refractivity contribution in [3.05, 3.63) is 29.6 Å². The number of nitrogens with one attached hydrogen (secondary N) is 1. The van der Waals surface area contributed by atoms with Crippen molar-refractivity contribution >= 4 is 6.09 Å². The van der Waals surface area contributed by atoms with Crippen molar-refractivity contribution in [2.24, 2.45) is 5.73 Å². The van der Waals surface area contributed by atoms with Crippen LogP contribution < -0.4 is 15.8 Å². The normalized spacial score (nSPS) is 14.1. The van der Waals surface area contributed by atoms with Gasteiger partial charge in [-0.25, -0.2) is 9.18 Å². The molecule has 0 saturated heterocycles. The summed E-state index contributed by atoms with van der Waals surface area (Å²) in [7, 11) is 1.47. The molecule has 1 rings (SSSR count). The number of alkyl carbamates (subject to hydrolysis) is 1. The van der Waals surface area contributed by atoms with Crippen molar-refractivity contribution in [1.82, 2.24) is 5.32 Å². The number of hydrogen-bond donors (Lipinski definition) is 2. The third kappa shape index (κ3) is 4.59. The molecule has 3 N–H and O–H groups in total. The van der Waals surface area contributed by atoms with E-state index in [1.807, 2.05) is 0 Å². The number of hydrogen-bond acceptors (Lipinski definition) is 4. The van der Waals surface area contributed by atoms with E-state index in [-0.39, 0.29) is 13.1 Å². The van der Waals surface area contributed by atoms with E-state index in [1.165, 1.54) is 13.2 Å². The summed E-state index contributed by atoms with van der Waals surface area (Å²) in [6.07, 6.45) is -0.567. The minimum absolute atomic E-state index is 0.135. The molecule has 22 heavy (non-hydrogen) atoms. The summed E-state index contributed by atoms with van der Waals surface area (Å²) >= 11 is 0. The van der Waals surface area contributed by atoms with Gasteiger partial charge in [0.05, 0.1) is 7.11 Å². The van der Waals surface area contributed by atoms with Crippen molar-refractivity contribution in [2.45, 2.75) is 38.7 Å². The van der Waals surface area contributed by atoms with E-state index in [1.54, 1.807) is 39.8 Å². The van der Waals surface area contributed by atoms with Crippen LogP contribution in [0, 0.1) is 5.82 Å². The highest BCUT2D eigenvalue weighted by atomic mass is 19.1. The highest BCUT2D eigenvalue weighted by Crippen LogP contribution is 2.33. The third-order valence-electron chi connectivity index (χ3n) is 3.27. The molecule has 1 amide bonds. The zero-order valence-corrected chi connectivity index (χ0v) is 13.8. The van der Waals surface area contributed by atoms with Crippen LogP contribution in [0.2, 0.25) is 0 Å². The van der Waals surface area contributed by atoms with Crippen LogP contribution in [-0.2, 0) is 10.2 Å². The summed E-state index contributed by atoms with van der Waals surface area (Å²) in [5.74, 6) is -0.0165. The molecule has 0 bridgehead atoms. The Kier molecular flexibility index (Phi) is 5.77. The number of ether oxygens (including phenoxy) is 2. The van der Waals surface area contributed by atoms with Gasteiger partial charge in [-0.2, -0.15) is 0 Å². The van der Waals surface area contributed by atoms with Crippen LogP contribution >= 0.6 is 0 Å². The smallest absolute Gasteiger partial charge is 0.407 e. The Morgan fingerprint density at radius 3 is 2.45 bits per heavy atom. The molecule has 0 spiro atoms. The molecule has 0 aromatic heterocycles. The summed E-state index contributed by atoms with van der Waals surface area (Å²) < 4.78 is 24.6. The Labute approximate surface area is 131 Å². The maximum atomic E-state index is 14.2. The number of carbonyl (C=O) groups excluding carboxylic acids is 1. The first-order valence-electron chi connectivity index (χ1n) is 7.13. The first-order valence-corrected chi connectivity index (χ1v) is 7.13. The highest BCUT2D eigenvalue weighted by Gasteiger charge is 2.32. The number of methoxy groups -OCH3 is 1. The van der Waals surface area contributed by atoms with Crippen molar-refractivity contribution < 1.29 is 18.7 Å². The zero-order valence-electron chi connectivity index (χ0n) is 13.8. The van der Waals surface area contributed by atoms with Crippen LogP contribution in [0.3, 0.4) is 0 Å². The highest BCUT2D eigenvalue weighted by molar-refractivity contribution is 5.68. The minimum Gasteiger partial charge on any atom is -0.496 e. The Hall–Kier alpha value is -1.82. The monoisotopic (exact) mass is 312 g/mol. The second-order valence-corrected chi connectivity index (χ2v) is 6.44. The summed E-state index contributed by atoms with van der Waals surface area (Å²) in [6.45, 7) is 7.36. The third-order valence-corrected chi connectivity index (χ3v) is 3.27. The van der Waals surface area contributed by atoms with E-state index in [0.29, 0.717) is 11.3 Å². The van der Waals surface area contributed by atoms with Gasteiger partial charge in [-0.3, -0.25) is 0 Å². The Balaban J connectivity index is 2.96. The molecule has 0 aliphatic rings. The SMILES string of the molecule is COc1cccc(F)c1C(C)(CN)CNC(=O)OC(C)(C)C. The van der Waals surface area contributed by atoms with Gasteiger partial charge in [-0.05, 0) is 32.9 Å². The summed E-state index contributed by atoms with van der Waals surface area (Å²) in [6, 6.07) is 4.58. The van der Waals surface area contributed by atoms with Crippen molar-refractivity contribution in [3.63, 3.8) is 0 Å². The molecular weight excluding hydrogens is 287 g/mol. The molecule has 0 aliphatic heterocycles. The predicted molar refractivity (Wildman–Crippen MR) is 83.6 cm³/mol. The largest absolute Gasteiger partial charge is 0.496 e. The molecule has 1 atom stereocenters. The Bertz CT molecular complexity index is 529. The summed E-state index contributed by atoms with van der Waals surface area (Å²) in [5.41, 5.74) is 4.76. The lowest BCUT2D eigenvalue weighted by molar-refractivity contribution is 0.0515. The molecule has 5 nitrogen and oxygen atoms in total. The number of amides is 1. The van der Waals surface area contributed by atoms with Crippen LogP contribution in [0.1, 0.15) is 33.3 Å². The van der Waals surface area contributed by atoms with E-state index in [0.717, 1.165) is 0 Å². The van der Waals surface area contributed by atoms with Crippen molar-refractivity contribution in [1.29, 1.82) is 0 Å². The fourth-order valence-corrected chi connectivity index (χ4v) is 2.10. The lowest BCUT2D eigenvalue weighted by Gasteiger charge is -2.31. The second-order valence-electron chi connectivity index (χ2n) is 6.44. The fraction of sp³-hybridized carbons (Fsp3) is 0.562. The van der Waals surface area contributed by atoms with Gasteiger partial charge in [-0.15, -0.1) is 0 Å². The van der Waals surface area contributed by atoms with E-state index in [2.05, 4.69) is 5.32 Å². The number of halogens is 1. The lowest BCUT2D eigenvalue weighted by atomic mass is 9.81. The molecule has 124 valence electrons. The van der Waals surface area contributed by atoms with Crippen LogP contribution in [0.25, 0.3) is 0 Å². The van der Waals surface area contributed by atoms with E-state index < -0.39 is 22.9 Å². The lowest BCUT2D eigenvalue weighted by Crippen LogP contribution is -2.45. The zero-order chi connectivity index (χ0) is 17.0. The first kappa shape index (κ1) is 18.2. The molecule has 0 radical (unpaired) electrons. The van der Waals surface area contributed by atoms with Gasteiger partial charge in [-0.1, -0.05) is 13.0 Å². The second kappa shape index (κ2) is 6.96. The van der Waals surface area contributed by atoms with Gasteiger partial charge in [0.25, 0.3) is 0 Å². The molecular formula is C16H25FN2O3. The number of rotatable bonds is 5. The molecule has 0 fully saturated rings. The molecule has 0 saturated carbocycles. The molecule has 0 aliphatic carbocycles. The van der Waals surface area contributed by atoms with E-state index >= 15 is 0 Å². The molecule has 1 unspecified atom stereocenters. The van der Waals surface area contributed by atoms with Gasteiger partial charge in [0.1, 0.15) is 17.2 Å². The van der Waals surface area contributed by atoms with Gasteiger partial charge < -0.3 is 20.5 Å². The van der Waals surface area contributed by atoms with Crippen LogP contribution in [0.5, 0.6) is 5.75 Å². The minimum atomic E-state index is -0.812. The summed E-state index contributed by atoms with van der Waals surface area (Å²) in [4.78, 5) is 11.8. The van der Waals surface area contributed by atoms with Crippen molar-refractivity contribution in [3.8, 4) is 5.75 Å². The van der Waals surface area contributed by atoms with E-state index in [9.17, 15) is 9.18 Å². The molecule has 0 heterocycles.